The molecule has 5 rings (SSSR count). The third kappa shape index (κ3) is 6.90. The third-order valence-corrected chi connectivity index (χ3v) is 8.48. The molecule has 0 radical (unpaired) electrons. The SMILES string of the molecule is C=CC(=O)Nc1cc(Nc2ncc3c(n2)N(c2ccc(Cl)c(F)c2)C(=O)N([C@@H](C)C(F)(F)F)C3)c(OC)cc1N1CC[C@@H](N(C)C)C1. The molecule has 0 saturated carbocycles. The fourth-order valence-corrected chi connectivity index (χ4v) is 5.57. The first-order valence-electron chi connectivity index (χ1n) is 14.5. The van der Waals surface area contributed by atoms with Crippen molar-refractivity contribution >= 4 is 58.1 Å². The number of fused-ring (bicyclic) bond motifs is 1. The molecule has 3 heterocycles. The molecular weight excluding hydrogens is 644 g/mol. The molecular formula is C31H33ClF4N8O3. The number of nitrogens with zero attached hydrogens (tertiary/aromatic N) is 6. The molecule has 3 aromatic rings. The van der Waals surface area contributed by atoms with E-state index in [-0.39, 0.29) is 28.0 Å². The Labute approximate surface area is 273 Å². The van der Waals surface area contributed by atoms with Crippen molar-refractivity contribution in [2.75, 3.05) is 54.7 Å². The Balaban J connectivity index is 1.56. The average Bonchev–Trinajstić information content (AvgIpc) is 3.52. The van der Waals surface area contributed by atoms with Crippen LogP contribution in [0.2, 0.25) is 5.02 Å². The summed E-state index contributed by atoms with van der Waals surface area (Å²) in [7, 11) is 5.49. The van der Waals surface area contributed by atoms with E-state index in [2.05, 4.69) is 37.0 Å². The fraction of sp³-hybridized carbons (Fsp3) is 0.355. The van der Waals surface area contributed by atoms with E-state index in [1.54, 1.807) is 12.1 Å². The molecule has 0 spiro atoms. The van der Waals surface area contributed by atoms with Crippen molar-refractivity contribution in [3.05, 3.63) is 65.6 Å². The molecule has 0 bridgehead atoms. The molecule has 2 aromatic carbocycles. The number of methoxy groups -OCH3 is 1. The molecule has 1 aromatic heterocycles. The molecule has 47 heavy (non-hydrogen) atoms. The van der Waals surface area contributed by atoms with Gasteiger partial charge in [0, 0.05) is 37.0 Å². The van der Waals surface area contributed by atoms with Crippen LogP contribution < -0.4 is 25.2 Å². The van der Waals surface area contributed by atoms with Gasteiger partial charge in [-0.25, -0.2) is 19.1 Å². The molecule has 2 aliphatic rings. The van der Waals surface area contributed by atoms with Crippen molar-refractivity contribution in [1.82, 2.24) is 19.8 Å². The Morgan fingerprint density at radius 1 is 1.23 bits per heavy atom. The number of urea groups is 1. The Morgan fingerprint density at radius 2 is 1.98 bits per heavy atom. The predicted octanol–water partition coefficient (Wildman–Crippen LogP) is 6.31. The van der Waals surface area contributed by atoms with Crippen LogP contribution in [0, 0.1) is 5.82 Å². The minimum atomic E-state index is -4.73. The van der Waals surface area contributed by atoms with Crippen LogP contribution in [0.25, 0.3) is 0 Å². The van der Waals surface area contributed by atoms with Crippen molar-refractivity contribution in [1.29, 1.82) is 0 Å². The first-order valence-corrected chi connectivity index (χ1v) is 14.9. The lowest BCUT2D eigenvalue weighted by Crippen LogP contribution is -2.53. The van der Waals surface area contributed by atoms with Crippen LogP contribution in [0.4, 0.5) is 56.9 Å². The smallest absolute Gasteiger partial charge is 0.408 e. The fourth-order valence-electron chi connectivity index (χ4n) is 5.45. The summed E-state index contributed by atoms with van der Waals surface area (Å²) < 4.78 is 61.4. The van der Waals surface area contributed by atoms with Crippen molar-refractivity contribution in [3.8, 4) is 5.75 Å². The van der Waals surface area contributed by atoms with Gasteiger partial charge in [0.15, 0.2) is 5.82 Å². The van der Waals surface area contributed by atoms with Gasteiger partial charge in [-0.3, -0.25) is 4.79 Å². The second-order valence-corrected chi connectivity index (χ2v) is 11.8. The Morgan fingerprint density at radius 3 is 2.60 bits per heavy atom. The number of hydrogen-bond donors (Lipinski definition) is 2. The Hall–Kier alpha value is -4.63. The summed E-state index contributed by atoms with van der Waals surface area (Å²) in [5, 5.41) is 5.64. The first kappa shape index (κ1) is 33.7. The number of aromatic nitrogens is 2. The van der Waals surface area contributed by atoms with Crippen LogP contribution >= 0.6 is 11.6 Å². The van der Waals surface area contributed by atoms with Gasteiger partial charge in [0.25, 0.3) is 0 Å². The summed E-state index contributed by atoms with van der Waals surface area (Å²) in [5.41, 5.74) is 1.63. The van der Waals surface area contributed by atoms with Gasteiger partial charge in [-0.05, 0) is 57.8 Å². The largest absolute Gasteiger partial charge is 0.494 e. The highest BCUT2D eigenvalue weighted by atomic mass is 35.5. The number of carbonyl (C=O) groups excluding carboxylic acids is 2. The summed E-state index contributed by atoms with van der Waals surface area (Å²) >= 11 is 5.84. The summed E-state index contributed by atoms with van der Waals surface area (Å²) in [6, 6.07) is 3.93. The molecule has 2 N–H and O–H groups in total. The van der Waals surface area contributed by atoms with Crippen LogP contribution in [-0.2, 0) is 11.3 Å². The molecule has 1 fully saturated rings. The lowest BCUT2D eigenvalue weighted by atomic mass is 10.1. The van der Waals surface area contributed by atoms with Crippen LogP contribution in [0.3, 0.4) is 0 Å². The highest BCUT2D eigenvalue weighted by Crippen LogP contribution is 2.41. The number of alkyl halides is 3. The second-order valence-electron chi connectivity index (χ2n) is 11.3. The number of anilines is 6. The topological polar surface area (TPSA) is 106 Å². The van der Waals surface area contributed by atoms with Crippen molar-refractivity contribution in [2.45, 2.75) is 38.1 Å². The van der Waals surface area contributed by atoms with Gasteiger partial charge < -0.3 is 30.1 Å². The standard InChI is InChI=1S/C31H33ClF4N8O3/c1-6-27(45)38-23-12-24(26(47-5)13-25(23)42-10-9-20(16-42)41(3)4)39-29-37-14-18-15-43(17(2)31(34,35)36)30(46)44(28(18)40-29)19-7-8-21(32)22(33)11-19/h6-8,11-14,17,20H,1,9-10,15-16H2,2-5H3,(H,38,45)(H,37,39,40)/t17-,20+/m0/s1. The van der Waals surface area contributed by atoms with Gasteiger partial charge in [-0.2, -0.15) is 18.2 Å². The van der Waals surface area contributed by atoms with Gasteiger partial charge in [-0.1, -0.05) is 18.2 Å². The summed E-state index contributed by atoms with van der Waals surface area (Å²) in [4.78, 5) is 40.5. The maximum absolute atomic E-state index is 14.5. The van der Waals surface area contributed by atoms with E-state index in [0.29, 0.717) is 34.6 Å². The van der Waals surface area contributed by atoms with Gasteiger partial charge >= 0.3 is 12.2 Å². The average molecular weight is 677 g/mol. The number of benzene rings is 2. The quantitative estimate of drug-likeness (QED) is 0.201. The Kier molecular flexibility index (Phi) is 9.50. The van der Waals surface area contributed by atoms with Crippen LogP contribution in [0.15, 0.2) is 49.2 Å². The van der Waals surface area contributed by atoms with Gasteiger partial charge in [0.2, 0.25) is 11.9 Å². The van der Waals surface area contributed by atoms with E-state index in [1.807, 2.05) is 14.1 Å². The molecule has 1 saturated heterocycles. The number of halogens is 5. The van der Waals surface area contributed by atoms with Crippen molar-refractivity contribution in [2.24, 2.45) is 0 Å². The number of hydrogen-bond acceptors (Lipinski definition) is 8. The zero-order valence-corrected chi connectivity index (χ0v) is 26.8. The van der Waals surface area contributed by atoms with E-state index in [4.69, 9.17) is 16.3 Å². The Bertz CT molecular complexity index is 1710. The molecule has 11 nitrogen and oxygen atoms in total. The lowest BCUT2D eigenvalue weighted by Gasteiger charge is -2.39. The lowest BCUT2D eigenvalue weighted by molar-refractivity contribution is -0.172. The molecule has 3 amide bonds. The summed E-state index contributed by atoms with van der Waals surface area (Å²) in [6.45, 7) is 5.41. The van der Waals surface area contributed by atoms with Gasteiger partial charge in [0.05, 0.1) is 41.4 Å². The second kappa shape index (κ2) is 13.2. The van der Waals surface area contributed by atoms with E-state index < -0.39 is 36.5 Å². The van der Waals surface area contributed by atoms with Gasteiger partial charge in [0.1, 0.15) is 17.6 Å². The van der Waals surface area contributed by atoms with Crippen LogP contribution in [-0.4, -0.2) is 84.3 Å². The normalized spacial score (nSPS) is 17.1. The number of likely N-dealkylation sites (N-methyl/N-ethyl adjacent to an activating group) is 1. The van der Waals surface area contributed by atoms with Crippen LogP contribution in [0.1, 0.15) is 18.9 Å². The van der Waals surface area contributed by atoms with Crippen molar-refractivity contribution in [3.63, 3.8) is 0 Å². The highest BCUT2D eigenvalue weighted by molar-refractivity contribution is 6.30. The van der Waals surface area contributed by atoms with Crippen molar-refractivity contribution < 1.29 is 31.9 Å². The maximum Gasteiger partial charge on any atom is 0.408 e. The summed E-state index contributed by atoms with van der Waals surface area (Å²) in [6.07, 6.45) is -1.37. The first-order chi connectivity index (χ1) is 22.2. The number of carbonyl (C=O) groups is 2. The predicted molar refractivity (Wildman–Crippen MR) is 171 cm³/mol. The van der Waals surface area contributed by atoms with E-state index in [1.165, 1.54) is 25.4 Å². The monoisotopic (exact) mass is 676 g/mol. The molecule has 0 unspecified atom stereocenters. The van der Waals surface area contributed by atoms with E-state index in [0.717, 1.165) is 42.6 Å². The summed E-state index contributed by atoms with van der Waals surface area (Å²) in [5.74, 6) is -1.03. The number of rotatable bonds is 9. The third-order valence-electron chi connectivity index (χ3n) is 8.18. The highest BCUT2D eigenvalue weighted by Gasteiger charge is 2.46. The maximum atomic E-state index is 14.5. The molecule has 2 atom stereocenters. The van der Waals surface area contributed by atoms with Crippen LogP contribution in [0.5, 0.6) is 5.75 Å². The minimum Gasteiger partial charge on any atom is -0.494 e. The zero-order valence-electron chi connectivity index (χ0n) is 26.0. The van der Waals surface area contributed by atoms with Gasteiger partial charge in [-0.15, -0.1) is 0 Å². The zero-order chi connectivity index (χ0) is 34.2. The molecule has 0 aliphatic carbocycles. The molecule has 16 heteroatoms. The molecule has 2 aliphatic heterocycles. The number of amides is 3. The minimum absolute atomic E-state index is 0.0470. The van der Waals surface area contributed by atoms with E-state index >= 15 is 0 Å². The van der Waals surface area contributed by atoms with E-state index in [9.17, 15) is 27.2 Å². The number of ether oxygens (including phenoxy) is 1. The number of nitrogens with one attached hydrogen (secondary N) is 2. The molecule has 250 valence electrons.